The number of rotatable bonds is 6. The van der Waals surface area contributed by atoms with E-state index in [1.165, 1.54) is 18.2 Å². The number of hydrogen-bond donors (Lipinski definition) is 0. The fourth-order valence-corrected chi connectivity index (χ4v) is 2.80. The van der Waals surface area contributed by atoms with Crippen LogP contribution in [0.4, 0.5) is 5.69 Å². The maximum Gasteiger partial charge on any atom is 0.345 e. The van der Waals surface area contributed by atoms with E-state index in [4.69, 9.17) is 44.3 Å². The summed E-state index contributed by atoms with van der Waals surface area (Å²) in [7, 11) is 1.10. The van der Waals surface area contributed by atoms with Gasteiger partial charge in [-0.25, -0.2) is 9.59 Å². The molecule has 142 valence electrons. The van der Waals surface area contributed by atoms with Gasteiger partial charge in [-0.05, 0) is 18.2 Å². The number of hydrogen-bond acceptors (Lipinski definition) is 7. The van der Waals surface area contributed by atoms with Gasteiger partial charge >= 0.3 is 11.9 Å². The zero-order chi connectivity index (χ0) is 20.1. The number of carbonyl (C=O) groups is 2. The Balaban J connectivity index is 2.36. The minimum atomic E-state index is -1.11. The molecule has 0 radical (unpaired) electrons. The molecule has 0 N–H and O–H groups in total. The molecule has 0 aromatic heterocycles. The summed E-state index contributed by atoms with van der Waals surface area (Å²) >= 11 is 17.9. The molecule has 2 rings (SSSR count). The molecule has 0 saturated heterocycles. The van der Waals surface area contributed by atoms with Crippen LogP contribution in [0.2, 0.25) is 15.1 Å². The van der Waals surface area contributed by atoms with Crippen LogP contribution in [0, 0.1) is 10.1 Å². The van der Waals surface area contributed by atoms with E-state index < -0.39 is 34.7 Å². The van der Waals surface area contributed by atoms with Crippen molar-refractivity contribution >= 4 is 52.4 Å². The van der Waals surface area contributed by atoms with Gasteiger partial charge in [0.15, 0.2) is 12.4 Å². The summed E-state index contributed by atoms with van der Waals surface area (Å²) in [6, 6.07) is 6.14. The average Bonchev–Trinajstić information content (AvgIpc) is 2.61. The summed E-state index contributed by atoms with van der Waals surface area (Å²) in [6.45, 7) is -0.702. The largest absolute Gasteiger partial charge is 0.466 e. The second-order valence-corrected chi connectivity index (χ2v) is 6.14. The van der Waals surface area contributed by atoms with Crippen molar-refractivity contribution in [3.63, 3.8) is 0 Å². The van der Waals surface area contributed by atoms with Gasteiger partial charge in [-0.3, -0.25) is 10.1 Å². The Morgan fingerprint density at radius 3 is 2.30 bits per heavy atom. The van der Waals surface area contributed by atoms with Crippen molar-refractivity contribution in [2.45, 2.75) is 0 Å². The van der Waals surface area contributed by atoms with E-state index in [1.54, 1.807) is 0 Å². The predicted octanol–water partition coefficient (Wildman–Crippen LogP) is 4.68. The van der Waals surface area contributed by atoms with Crippen LogP contribution in [0.3, 0.4) is 0 Å². The highest BCUT2D eigenvalue weighted by atomic mass is 35.5. The van der Waals surface area contributed by atoms with Gasteiger partial charge in [0.05, 0.1) is 22.1 Å². The van der Waals surface area contributed by atoms with E-state index in [0.29, 0.717) is 0 Å². The first-order chi connectivity index (χ1) is 12.7. The van der Waals surface area contributed by atoms with Crippen LogP contribution in [0.15, 0.2) is 30.3 Å². The maximum absolute atomic E-state index is 12.1. The van der Waals surface area contributed by atoms with Crippen molar-refractivity contribution in [3.8, 4) is 11.5 Å². The zero-order valence-electron chi connectivity index (χ0n) is 13.5. The van der Waals surface area contributed by atoms with Gasteiger partial charge in [-0.2, -0.15) is 0 Å². The summed E-state index contributed by atoms with van der Waals surface area (Å²) in [6.07, 6.45) is 0. The van der Waals surface area contributed by atoms with Crippen molar-refractivity contribution in [2.24, 2.45) is 0 Å². The predicted molar refractivity (Wildman–Crippen MR) is 96.9 cm³/mol. The fraction of sp³-hybridized carbons (Fsp3) is 0.125. The van der Waals surface area contributed by atoms with E-state index in [2.05, 4.69) is 4.74 Å². The Morgan fingerprint density at radius 2 is 1.74 bits per heavy atom. The highest BCUT2D eigenvalue weighted by molar-refractivity contribution is 6.40. The fourth-order valence-electron chi connectivity index (χ4n) is 1.91. The quantitative estimate of drug-likeness (QED) is 0.369. The number of benzene rings is 2. The maximum atomic E-state index is 12.1. The first-order valence-corrected chi connectivity index (χ1v) is 8.21. The Hall–Kier alpha value is -2.55. The van der Waals surface area contributed by atoms with E-state index >= 15 is 0 Å². The second kappa shape index (κ2) is 8.90. The van der Waals surface area contributed by atoms with Gasteiger partial charge < -0.3 is 14.2 Å². The number of nitro groups is 1. The van der Waals surface area contributed by atoms with Gasteiger partial charge in [0.2, 0.25) is 0 Å². The molecule has 8 nitrogen and oxygen atoms in total. The van der Waals surface area contributed by atoms with Crippen molar-refractivity contribution < 1.29 is 28.7 Å². The number of esters is 2. The second-order valence-electron chi connectivity index (χ2n) is 4.89. The molecular formula is C16H10Cl3NO7. The number of carbonyl (C=O) groups excluding carboxylic acids is 2. The van der Waals surface area contributed by atoms with Crippen LogP contribution in [-0.4, -0.2) is 30.6 Å². The minimum Gasteiger partial charge on any atom is -0.466 e. The molecule has 0 atom stereocenters. The van der Waals surface area contributed by atoms with E-state index in [0.717, 1.165) is 19.2 Å². The molecule has 27 heavy (non-hydrogen) atoms. The molecule has 0 spiro atoms. The monoisotopic (exact) mass is 433 g/mol. The van der Waals surface area contributed by atoms with Crippen LogP contribution >= 0.6 is 34.8 Å². The molecule has 0 heterocycles. The molecule has 0 unspecified atom stereocenters. The molecule has 0 aliphatic heterocycles. The molecule has 2 aromatic rings. The molecule has 0 fully saturated rings. The summed E-state index contributed by atoms with van der Waals surface area (Å²) in [5.74, 6) is -1.86. The molecular weight excluding hydrogens is 425 g/mol. The van der Waals surface area contributed by atoms with Gasteiger partial charge in [0.25, 0.3) is 5.69 Å². The summed E-state index contributed by atoms with van der Waals surface area (Å²) in [5, 5.41) is 11.6. The van der Waals surface area contributed by atoms with E-state index in [1.807, 2.05) is 0 Å². The third-order valence-electron chi connectivity index (χ3n) is 3.12. The van der Waals surface area contributed by atoms with Crippen LogP contribution < -0.4 is 4.74 Å². The third kappa shape index (κ3) is 5.22. The van der Waals surface area contributed by atoms with Gasteiger partial charge in [0.1, 0.15) is 11.3 Å². The summed E-state index contributed by atoms with van der Waals surface area (Å²) < 4.78 is 14.6. The lowest BCUT2D eigenvalue weighted by Crippen LogP contribution is -2.16. The lowest BCUT2D eigenvalue weighted by molar-refractivity contribution is -0.385. The molecule has 0 saturated carbocycles. The van der Waals surface area contributed by atoms with Gasteiger partial charge in [-0.1, -0.05) is 34.8 Å². The van der Waals surface area contributed by atoms with E-state index in [-0.39, 0.29) is 26.6 Å². The first kappa shape index (κ1) is 20.8. The highest BCUT2D eigenvalue weighted by Crippen LogP contribution is 2.39. The van der Waals surface area contributed by atoms with Crippen LogP contribution in [0.25, 0.3) is 0 Å². The first-order valence-electron chi connectivity index (χ1n) is 7.07. The molecule has 2 aromatic carbocycles. The topological polar surface area (TPSA) is 105 Å². The van der Waals surface area contributed by atoms with Crippen molar-refractivity contribution in [2.75, 3.05) is 13.7 Å². The zero-order valence-corrected chi connectivity index (χ0v) is 15.8. The number of halogens is 3. The minimum absolute atomic E-state index is 0.0248. The standard InChI is InChI=1S/C16H10Cl3NO7/c1-25-14(21)7-26-16(22)10-6-9(2-3-13(10)20(23)24)27-15-11(18)4-8(17)5-12(15)19/h2-6H,7H2,1H3. The average molecular weight is 435 g/mol. The smallest absolute Gasteiger partial charge is 0.345 e. The van der Waals surface area contributed by atoms with Crippen molar-refractivity contribution in [3.05, 3.63) is 61.1 Å². The SMILES string of the molecule is COC(=O)COC(=O)c1cc(Oc2c(Cl)cc(Cl)cc2Cl)ccc1[N+](=O)[O-]. The Kier molecular flexibility index (Phi) is 6.84. The highest BCUT2D eigenvalue weighted by Gasteiger charge is 2.24. The van der Waals surface area contributed by atoms with Crippen molar-refractivity contribution in [1.82, 2.24) is 0 Å². The molecule has 0 aliphatic rings. The summed E-state index contributed by atoms with van der Waals surface area (Å²) in [5.41, 5.74) is -0.965. The molecule has 0 bridgehead atoms. The van der Waals surface area contributed by atoms with Gasteiger partial charge in [0, 0.05) is 17.2 Å². The molecule has 0 aliphatic carbocycles. The van der Waals surface area contributed by atoms with Crippen LogP contribution in [0.5, 0.6) is 11.5 Å². The van der Waals surface area contributed by atoms with Crippen LogP contribution in [-0.2, 0) is 14.3 Å². The number of methoxy groups -OCH3 is 1. The van der Waals surface area contributed by atoms with Crippen LogP contribution in [0.1, 0.15) is 10.4 Å². The normalized spacial score (nSPS) is 10.2. The Labute approximate surface area is 167 Å². The third-order valence-corrected chi connectivity index (χ3v) is 3.90. The number of ether oxygens (including phenoxy) is 3. The molecule has 11 heteroatoms. The Morgan fingerprint density at radius 1 is 1.11 bits per heavy atom. The van der Waals surface area contributed by atoms with E-state index in [9.17, 15) is 19.7 Å². The van der Waals surface area contributed by atoms with Crippen molar-refractivity contribution in [1.29, 1.82) is 0 Å². The number of nitrogens with zero attached hydrogens (tertiary/aromatic N) is 1. The summed E-state index contributed by atoms with van der Waals surface area (Å²) in [4.78, 5) is 33.6. The Bertz CT molecular complexity index is 894. The number of nitro benzene ring substituents is 1. The van der Waals surface area contributed by atoms with Gasteiger partial charge in [-0.15, -0.1) is 0 Å². The lowest BCUT2D eigenvalue weighted by atomic mass is 10.1. The lowest BCUT2D eigenvalue weighted by Gasteiger charge is -2.11. The molecule has 0 amide bonds.